The van der Waals surface area contributed by atoms with Crippen molar-refractivity contribution in [3.63, 3.8) is 0 Å². The molecule has 1 aliphatic rings. The highest BCUT2D eigenvalue weighted by Crippen LogP contribution is 2.28. The van der Waals surface area contributed by atoms with E-state index in [1.807, 2.05) is 25.7 Å². The third kappa shape index (κ3) is 5.06. The number of carbonyl (C=O) groups excluding carboxylic acids is 2. The molecule has 0 bridgehead atoms. The maximum Gasteiger partial charge on any atom is 0.273 e. The summed E-state index contributed by atoms with van der Waals surface area (Å²) in [5, 5.41) is 2.87. The van der Waals surface area contributed by atoms with E-state index >= 15 is 0 Å². The van der Waals surface area contributed by atoms with Crippen molar-refractivity contribution in [3.05, 3.63) is 17.8 Å². The molecule has 1 saturated carbocycles. The fraction of sp³-hybridized carbons (Fsp3) is 0.737. The topological polar surface area (TPSA) is 75.4 Å². The third-order valence-corrected chi connectivity index (χ3v) is 5.19. The zero-order valence-electron chi connectivity index (χ0n) is 15.9. The fourth-order valence-electron chi connectivity index (χ4n) is 3.11. The molecule has 2 amide bonds. The van der Waals surface area contributed by atoms with Gasteiger partial charge in [0.2, 0.25) is 11.8 Å². The second-order valence-corrected chi connectivity index (χ2v) is 7.11. The largest absolute Gasteiger partial charge is 0.446 e. The van der Waals surface area contributed by atoms with Gasteiger partial charge in [-0.15, -0.1) is 0 Å². The van der Waals surface area contributed by atoms with Crippen LogP contribution in [0.1, 0.15) is 82.6 Å². The molecule has 0 saturated heterocycles. The number of carbonyl (C=O) groups is 2. The molecule has 2 unspecified atom stereocenters. The first kappa shape index (κ1) is 19.5. The zero-order valence-corrected chi connectivity index (χ0v) is 15.9. The summed E-state index contributed by atoms with van der Waals surface area (Å²) in [7, 11) is 0. The van der Waals surface area contributed by atoms with E-state index in [0.29, 0.717) is 12.4 Å². The molecule has 1 aliphatic carbocycles. The summed E-state index contributed by atoms with van der Waals surface area (Å²) in [5.41, 5.74) is 0.271. The number of rotatable bonds is 8. The van der Waals surface area contributed by atoms with Gasteiger partial charge < -0.3 is 14.6 Å². The summed E-state index contributed by atoms with van der Waals surface area (Å²) in [6.45, 7) is 8.40. The molecular formula is C19H31N3O3. The standard InChI is InChI=1S/C19H31N3O3/c1-5-13(3)20-18(23)16-12-25-17(21-16)11-22(14(4)6-2)19(24)15-9-7-8-10-15/h12-15H,5-11H2,1-4H3,(H,20,23). The number of hydrogen-bond donors (Lipinski definition) is 1. The first-order valence-electron chi connectivity index (χ1n) is 9.51. The van der Waals surface area contributed by atoms with Crippen LogP contribution in [0.2, 0.25) is 0 Å². The molecule has 1 aromatic rings. The Hall–Kier alpha value is -1.85. The molecule has 1 fully saturated rings. The van der Waals surface area contributed by atoms with Gasteiger partial charge >= 0.3 is 0 Å². The highest BCUT2D eigenvalue weighted by atomic mass is 16.3. The van der Waals surface area contributed by atoms with E-state index in [2.05, 4.69) is 17.2 Å². The first-order chi connectivity index (χ1) is 12.0. The van der Waals surface area contributed by atoms with Crippen molar-refractivity contribution in [2.45, 2.75) is 84.8 Å². The third-order valence-electron chi connectivity index (χ3n) is 5.19. The van der Waals surface area contributed by atoms with Crippen LogP contribution in [0.4, 0.5) is 0 Å². The van der Waals surface area contributed by atoms with Crippen LogP contribution in [-0.4, -0.2) is 33.8 Å². The van der Waals surface area contributed by atoms with Gasteiger partial charge in [-0.2, -0.15) is 0 Å². The van der Waals surface area contributed by atoms with Crippen molar-refractivity contribution in [2.75, 3.05) is 0 Å². The van der Waals surface area contributed by atoms with E-state index < -0.39 is 0 Å². The Balaban J connectivity index is 2.06. The number of oxazole rings is 1. The minimum Gasteiger partial charge on any atom is -0.446 e. The average molecular weight is 349 g/mol. The number of nitrogens with one attached hydrogen (secondary N) is 1. The molecular weight excluding hydrogens is 318 g/mol. The van der Waals surface area contributed by atoms with Crippen molar-refractivity contribution in [2.24, 2.45) is 5.92 Å². The summed E-state index contributed by atoms with van der Waals surface area (Å²) in [4.78, 5) is 31.1. The van der Waals surface area contributed by atoms with Crippen LogP contribution in [-0.2, 0) is 11.3 Å². The van der Waals surface area contributed by atoms with Gasteiger partial charge in [-0.1, -0.05) is 26.7 Å². The second kappa shape index (κ2) is 9.02. The van der Waals surface area contributed by atoms with Crippen molar-refractivity contribution >= 4 is 11.8 Å². The fourth-order valence-corrected chi connectivity index (χ4v) is 3.11. The van der Waals surface area contributed by atoms with Gasteiger partial charge in [-0.25, -0.2) is 4.98 Å². The molecule has 0 aliphatic heterocycles. The smallest absolute Gasteiger partial charge is 0.273 e. The van der Waals surface area contributed by atoms with E-state index in [9.17, 15) is 9.59 Å². The Labute approximate surface area is 150 Å². The van der Waals surface area contributed by atoms with Crippen LogP contribution in [0.3, 0.4) is 0 Å². The second-order valence-electron chi connectivity index (χ2n) is 7.11. The first-order valence-corrected chi connectivity index (χ1v) is 9.51. The van der Waals surface area contributed by atoms with Crippen LogP contribution in [0.15, 0.2) is 10.7 Å². The molecule has 140 valence electrons. The van der Waals surface area contributed by atoms with Crippen LogP contribution in [0.25, 0.3) is 0 Å². The predicted octanol–water partition coefficient (Wildman–Crippen LogP) is 3.52. The normalized spacial score (nSPS) is 17.3. The maximum atomic E-state index is 12.9. The van der Waals surface area contributed by atoms with Crippen molar-refractivity contribution in [1.29, 1.82) is 0 Å². The maximum absolute atomic E-state index is 12.9. The van der Waals surface area contributed by atoms with Gasteiger partial charge in [-0.3, -0.25) is 9.59 Å². The summed E-state index contributed by atoms with van der Waals surface area (Å²) in [6, 6.07) is 0.214. The summed E-state index contributed by atoms with van der Waals surface area (Å²) >= 11 is 0. The highest BCUT2D eigenvalue weighted by Gasteiger charge is 2.30. The van der Waals surface area contributed by atoms with Crippen molar-refractivity contribution in [3.8, 4) is 0 Å². The van der Waals surface area contributed by atoms with Crippen LogP contribution in [0.5, 0.6) is 0 Å². The predicted molar refractivity (Wildman–Crippen MR) is 96.0 cm³/mol. The van der Waals surface area contributed by atoms with Crippen LogP contribution in [0, 0.1) is 5.92 Å². The number of amides is 2. The lowest BCUT2D eigenvalue weighted by Gasteiger charge is -2.29. The molecule has 0 aromatic carbocycles. The molecule has 0 radical (unpaired) electrons. The molecule has 6 heteroatoms. The molecule has 2 rings (SSSR count). The Morgan fingerprint density at radius 2 is 1.96 bits per heavy atom. The number of nitrogens with zero attached hydrogens (tertiary/aromatic N) is 2. The molecule has 1 heterocycles. The molecule has 0 spiro atoms. The number of hydrogen-bond acceptors (Lipinski definition) is 4. The van der Waals surface area contributed by atoms with Gasteiger partial charge in [0.1, 0.15) is 6.26 Å². The van der Waals surface area contributed by atoms with Crippen LogP contribution >= 0.6 is 0 Å². The van der Waals surface area contributed by atoms with Crippen molar-refractivity contribution < 1.29 is 14.0 Å². The lowest BCUT2D eigenvalue weighted by molar-refractivity contribution is -0.138. The Morgan fingerprint density at radius 3 is 2.56 bits per heavy atom. The minimum atomic E-state index is -0.235. The molecule has 1 aromatic heterocycles. The van der Waals surface area contributed by atoms with E-state index in [0.717, 1.165) is 38.5 Å². The SMILES string of the molecule is CCC(C)NC(=O)c1coc(CN(C(=O)C2CCCC2)C(C)CC)n1. The Bertz CT molecular complexity index is 578. The van der Waals surface area contributed by atoms with Gasteiger partial charge in [-0.05, 0) is 39.5 Å². The highest BCUT2D eigenvalue weighted by molar-refractivity contribution is 5.92. The van der Waals surface area contributed by atoms with E-state index in [4.69, 9.17) is 4.42 Å². The summed E-state index contributed by atoms with van der Waals surface area (Å²) in [6.07, 6.45) is 7.31. The molecule has 1 N–H and O–H groups in total. The molecule has 6 nitrogen and oxygen atoms in total. The van der Waals surface area contributed by atoms with E-state index in [-0.39, 0.29) is 35.5 Å². The van der Waals surface area contributed by atoms with Gasteiger partial charge in [0.15, 0.2) is 5.69 Å². The van der Waals surface area contributed by atoms with Gasteiger partial charge in [0.25, 0.3) is 5.91 Å². The Kier molecular flexibility index (Phi) is 7.02. The van der Waals surface area contributed by atoms with Crippen LogP contribution < -0.4 is 5.32 Å². The quantitative estimate of drug-likeness (QED) is 0.779. The zero-order chi connectivity index (χ0) is 18.4. The summed E-state index contributed by atoms with van der Waals surface area (Å²) in [5.74, 6) is 0.496. The van der Waals surface area contributed by atoms with Gasteiger partial charge in [0.05, 0.1) is 6.54 Å². The molecule has 25 heavy (non-hydrogen) atoms. The van der Waals surface area contributed by atoms with E-state index in [1.165, 1.54) is 6.26 Å². The van der Waals surface area contributed by atoms with E-state index in [1.54, 1.807) is 0 Å². The van der Waals surface area contributed by atoms with Crippen molar-refractivity contribution in [1.82, 2.24) is 15.2 Å². The molecule has 2 atom stereocenters. The summed E-state index contributed by atoms with van der Waals surface area (Å²) < 4.78 is 5.47. The number of aromatic nitrogens is 1. The monoisotopic (exact) mass is 349 g/mol. The lowest BCUT2D eigenvalue weighted by Crippen LogP contribution is -2.41. The average Bonchev–Trinajstić information content (AvgIpc) is 3.29. The van der Waals surface area contributed by atoms with Gasteiger partial charge in [0, 0.05) is 18.0 Å². The lowest BCUT2D eigenvalue weighted by atomic mass is 10.0. The minimum absolute atomic E-state index is 0.0909. The Morgan fingerprint density at radius 1 is 1.28 bits per heavy atom.